The molecule has 3 heterocycles. The van der Waals surface area contributed by atoms with Crippen molar-refractivity contribution in [1.82, 2.24) is 20.2 Å². The Labute approximate surface area is 153 Å². The van der Waals surface area contributed by atoms with Crippen LogP contribution >= 0.6 is 11.3 Å². The first-order chi connectivity index (χ1) is 12.2. The Balaban J connectivity index is 1.70. The van der Waals surface area contributed by atoms with Gasteiger partial charge in [0.05, 0.1) is 17.2 Å². The van der Waals surface area contributed by atoms with E-state index in [2.05, 4.69) is 27.1 Å². The predicted octanol–water partition coefficient (Wildman–Crippen LogP) is 3.25. The molecule has 0 radical (unpaired) electrons. The normalized spacial score (nSPS) is 16.1. The summed E-state index contributed by atoms with van der Waals surface area (Å²) in [6.07, 6.45) is 7.96. The van der Waals surface area contributed by atoms with Crippen LogP contribution in [0.4, 0.5) is 0 Å². The predicted molar refractivity (Wildman–Crippen MR) is 100 cm³/mol. The molecule has 0 unspecified atom stereocenters. The Morgan fingerprint density at radius 2 is 2.20 bits per heavy atom. The highest BCUT2D eigenvalue weighted by atomic mass is 32.1. The third-order valence-corrected chi connectivity index (χ3v) is 5.80. The smallest absolute Gasteiger partial charge is 0.242 e. The highest BCUT2D eigenvalue weighted by molar-refractivity contribution is 7.11. The van der Waals surface area contributed by atoms with Crippen LogP contribution in [0.25, 0.3) is 0 Å². The molecule has 134 valence electrons. The number of carbonyl (C=O) groups excluding carboxylic acids is 1. The molecule has 1 atom stereocenters. The van der Waals surface area contributed by atoms with Crippen molar-refractivity contribution in [3.8, 4) is 0 Å². The fraction of sp³-hybridized carbons (Fsp3) is 0.526. The second kappa shape index (κ2) is 8.54. The van der Waals surface area contributed by atoms with Gasteiger partial charge in [-0.05, 0) is 57.3 Å². The maximum absolute atomic E-state index is 13.0. The average Bonchev–Trinajstić information content (AvgIpc) is 3.25. The van der Waals surface area contributed by atoms with Gasteiger partial charge in [0.1, 0.15) is 6.04 Å². The molecule has 3 rings (SSSR count). The van der Waals surface area contributed by atoms with E-state index in [9.17, 15) is 4.79 Å². The third-order valence-electron chi connectivity index (χ3n) is 4.58. The van der Waals surface area contributed by atoms with Crippen LogP contribution in [0.5, 0.6) is 0 Å². The number of thiazole rings is 1. The molecule has 2 aromatic rings. The van der Waals surface area contributed by atoms with E-state index >= 15 is 0 Å². The van der Waals surface area contributed by atoms with E-state index in [1.807, 2.05) is 19.1 Å². The molecule has 1 N–H and O–H groups in total. The monoisotopic (exact) mass is 358 g/mol. The van der Waals surface area contributed by atoms with E-state index < -0.39 is 0 Å². The van der Waals surface area contributed by atoms with Crippen molar-refractivity contribution in [2.45, 2.75) is 52.1 Å². The summed E-state index contributed by atoms with van der Waals surface area (Å²) in [4.78, 5) is 25.2. The summed E-state index contributed by atoms with van der Waals surface area (Å²) >= 11 is 1.71. The van der Waals surface area contributed by atoms with E-state index in [-0.39, 0.29) is 11.9 Å². The topological polar surface area (TPSA) is 58.1 Å². The Morgan fingerprint density at radius 3 is 2.88 bits per heavy atom. The zero-order chi connectivity index (χ0) is 17.6. The number of nitrogens with one attached hydrogen (secondary N) is 1. The second-order valence-corrected chi connectivity index (χ2v) is 7.68. The molecule has 0 aliphatic carbocycles. The summed E-state index contributed by atoms with van der Waals surface area (Å²) in [5.41, 5.74) is 2.00. The van der Waals surface area contributed by atoms with Gasteiger partial charge in [0.2, 0.25) is 5.91 Å². The minimum Gasteiger partial charge on any atom is -0.349 e. The number of pyridine rings is 1. The number of hydrogen-bond acceptors (Lipinski definition) is 5. The first-order valence-electron chi connectivity index (χ1n) is 9.06. The summed E-state index contributed by atoms with van der Waals surface area (Å²) in [5.74, 6) is 0.0553. The van der Waals surface area contributed by atoms with Crippen LogP contribution < -0.4 is 5.32 Å². The van der Waals surface area contributed by atoms with Crippen molar-refractivity contribution in [1.29, 1.82) is 0 Å². The van der Waals surface area contributed by atoms with E-state index in [0.717, 1.165) is 59.9 Å². The molecule has 2 aromatic heterocycles. The summed E-state index contributed by atoms with van der Waals surface area (Å²) in [6.45, 7) is 6.67. The van der Waals surface area contributed by atoms with E-state index in [1.54, 1.807) is 23.7 Å². The number of likely N-dealkylation sites (tertiary alicyclic amines) is 1. The molecule has 1 aliphatic heterocycles. The zero-order valence-electron chi connectivity index (χ0n) is 15.0. The third kappa shape index (κ3) is 4.44. The molecule has 0 spiro atoms. The van der Waals surface area contributed by atoms with Crippen molar-refractivity contribution >= 4 is 17.2 Å². The molecule has 25 heavy (non-hydrogen) atoms. The van der Waals surface area contributed by atoms with Crippen molar-refractivity contribution in [3.05, 3.63) is 45.7 Å². The van der Waals surface area contributed by atoms with Crippen molar-refractivity contribution in [3.63, 3.8) is 0 Å². The minimum absolute atomic E-state index is 0.0553. The Bertz CT molecular complexity index is 695. The van der Waals surface area contributed by atoms with Gasteiger partial charge in [-0.25, -0.2) is 4.98 Å². The molecule has 5 nitrogen and oxygen atoms in total. The number of carbonyl (C=O) groups is 1. The van der Waals surface area contributed by atoms with Crippen LogP contribution in [0.2, 0.25) is 0 Å². The van der Waals surface area contributed by atoms with Gasteiger partial charge in [-0.2, -0.15) is 0 Å². The molecule has 0 bridgehead atoms. The number of rotatable bonds is 7. The number of nitrogens with zero attached hydrogens (tertiary/aromatic N) is 3. The summed E-state index contributed by atoms with van der Waals surface area (Å²) < 4.78 is 0. The van der Waals surface area contributed by atoms with Gasteiger partial charge >= 0.3 is 0 Å². The van der Waals surface area contributed by atoms with Crippen molar-refractivity contribution < 1.29 is 4.79 Å². The standard InChI is InChI=1S/C19H26N4OS/c1-3-7-17-22-14(2)16(25-17)13-21-19(24)18(23-10-4-5-11-23)15-8-6-9-20-12-15/h6,8-9,12,18H,3-5,7,10-11,13H2,1-2H3,(H,21,24)/t18-/m0/s1. The van der Waals surface area contributed by atoms with Gasteiger partial charge in [-0.3, -0.25) is 14.7 Å². The first kappa shape index (κ1) is 18.0. The minimum atomic E-state index is -0.250. The van der Waals surface area contributed by atoms with Gasteiger partial charge in [0, 0.05) is 17.3 Å². The lowest BCUT2D eigenvalue weighted by Gasteiger charge is -2.26. The number of aromatic nitrogens is 2. The van der Waals surface area contributed by atoms with Crippen LogP contribution in [-0.4, -0.2) is 33.9 Å². The quantitative estimate of drug-likeness (QED) is 0.825. The second-order valence-electron chi connectivity index (χ2n) is 6.52. The fourth-order valence-corrected chi connectivity index (χ4v) is 4.41. The van der Waals surface area contributed by atoms with Gasteiger partial charge in [0.25, 0.3) is 0 Å². The molecule has 1 saturated heterocycles. The van der Waals surface area contributed by atoms with Gasteiger partial charge < -0.3 is 5.32 Å². The highest BCUT2D eigenvalue weighted by Gasteiger charge is 2.29. The summed E-state index contributed by atoms with van der Waals surface area (Å²) in [5, 5.41) is 4.29. The Hall–Kier alpha value is -1.79. The average molecular weight is 359 g/mol. The maximum atomic E-state index is 13.0. The largest absolute Gasteiger partial charge is 0.349 e. The zero-order valence-corrected chi connectivity index (χ0v) is 15.8. The fourth-order valence-electron chi connectivity index (χ4n) is 3.30. The van der Waals surface area contributed by atoms with Crippen LogP contribution in [-0.2, 0) is 17.8 Å². The highest BCUT2D eigenvalue weighted by Crippen LogP contribution is 2.25. The van der Waals surface area contributed by atoms with Crippen LogP contribution in [0, 0.1) is 6.92 Å². The van der Waals surface area contributed by atoms with Crippen molar-refractivity contribution in [2.75, 3.05) is 13.1 Å². The molecule has 6 heteroatoms. The molecule has 1 fully saturated rings. The van der Waals surface area contributed by atoms with Gasteiger partial charge in [-0.1, -0.05) is 13.0 Å². The molecular weight excluding hydrogens is 332 g/mol. The summed E-state index contributed by atoms with van der Waals surface area (Å²) in [6, 6.07) is 3.64. The van der Waals surface area contributed by atoms with Gasteiger partial charge in [0.15, 0.2) is 0 Å². The lowest BCUT2D eigenvalue weighted by Crippen LogP contribution is -2.39. The Kier molecular flexibility index (Phi) is 6.15. The van der Waals surface area contributed by atoms with Crippen LogP contribution in [0.1, 0.15) is 53.4 Å². The SMILES string of the molecule is CCCc1nc(C)c(CNC(=O)[C@H](c2cccnc2)N2CCCC2)s1. The van der Waals surface area contributed by atoms with Crippen molar-refractivity contribution in [2.24, 2.45) is 0 Å². The van der Waals surface area contributed by atoms with E-state index in [4.69, 9.17) is 0 Å². The molecule has 0 aromatic carbocycles. The van der Waals surface area contributed by atoms with Crippen LogP contribution in [0.3, 0.4) is 0 Å². The lowest BCUT2D eigenvalue weighted by molar-refractivity contribution is -0.126. The van der Waals surface area contributed by atoms with Crippen LogP contribution in [0.15, 0.2) is 24.5 Å². The first-order valence-corrected chi connectivity index (χ1v) is 9.87. The maximum Gasteiger partial charge on any atom is 0.242 e. The van der Waals surface area contributed by atoms with E-state index in [0.29, 0.717) is 6.54 Å². The summed E-state index contributed by atoms with van der Waals surface area (Å²) in [7, 11) is 0. The number of amides is 1. The lowest BCUT2D eigenvalue weighted by atomic mass is 10.1. The number of hydrogen-bond donors (Lipinski definition) is 1. The molecule has 0 saturated carbocycles. The Morgan fingerprint density at radius 1 is 1.40 bits per heavy atom. The molecular formula is C19H26N4OS. The van der Waals surface area contributed by atoms with Gasteiger partial charge in [-0.15, -0.1) is 11.3 Å². The number of aryl methyl sites for hydroxylation is 2. The molecule has 1 aliphatic rings. The molecule has 1 amide bonds. The van der Waals surface area contributed by atoms with E-state index in [1.165, 1.54) is 0 Å².